The molecule has 0 saturated carbocycles. The van der Waals surface area contributed by atoms with Crippen LogP contribution in [0.15, 0.2) is 48.5 Å². The number of phenolic OH excluding ortho intramolecular Hbond substituents is 1. The SMILES string of the molecule is O=C(Nc1ccc(O)cc1)C1Cc2ccccc21. The van der Waals surface area contributed by atoms with E-state index in [9.17, 15) is 9.90 Å². The van der Waals surface area contributed by atoms with Gasteiger partial charge in [0.25, 0.3) is 0 Å². The van der Waals surface area contributed by atoms with Gasteiger partial charge in [-0.1, -0.05) is 24.3 Å². The summed E-state index contributed by atoms with van der Waals surface area (Å²) in [7, 11) is 0. The van der Waals surface area contributed by atoms with Gasteiger partial charge >= 0.3 is 0 Å². The highest BCUT2D eigenvalue weighted by molar-refractivity contribution is 5.97. The lowest BCUT2D eigenvalue weighted by atomic mass is 9.77. The zero-order chi connectivity index (χ0) is 12.5. The van der Waals surface area contributed by atoms with Crippen LogP contribution < -0.4 is 5.32 Å². The maximum Gasteiger partial charge on any atom is 0.232 e. The fourth-order valence-corrected chi connectivity index (χ4v) is 2.27. The number of carbonyl (C=O) groups is 1. The first-order valence-corrected chi connectivity index (χ1v) is 5.92. The van der Waals surface area contributed by atoms with E-state index in [1.165, 1.54) is 5.56 Å². The summed E-state index contributed by atoms with van der Waals surface area (Å²) in [5.41, 5.74) is 3.08. The van der Waals surface area contributed by atoms with Crippen molar-refractivity contribution in [2.45, 2.75) is 12.3 Å². The highest BCUT2D eigenvalue weighted by atomic mass is 16.3. The van der Waals surface area contributed by atoms with Crippen LogP contribution in [0.3, 0.4) is 0 Å². The summed E-state index contributed by atoms with van der Waals surface area (Å²) in [4.78, 5) is 12.1. The van der Waals surface area contributed by atoms with Gasteiger partial charge in [-0.3, -0.25) is 4.79 Å². The summed E-state index contributed by atoms with van der Waals surface area (Å²) >= 11 is 0. The van der Waals surface area contributed by atoms with Crippen molar-refractivity contribution >= 4 is 11.6 Å². The van der Waals surface area contributed by atoms with Crippen molar-refractivity contribution in [3.05, 3.63) is 59.7 Å². The Balaban J connectivity index is 1.72. The van der Waals surface area contributed by atoms with Crippen molar-refractivity contribution in [1.29, 1.82) is 0 Å². The van der Waals surface area contributed by atoms with Crippen LogP contribution in [0.1, 0.15) is 17.0 Å². The number of benzene rings is 2. The third kappa shape index (κ3) is 1.84. The number of rotatable bonds is 2. The normalized spacial score (nSPS) is 16.6. The standard InChI is InChI=1S/C15H13NO2/c17-12-7-5-11(6-8-12)16-15(18)14-9-10-3-1-2-4-13(10)14/h1-8,14,17H,9H2,(H,16,18). The average Bonchev–Trinajstić information content (AvgIpc) is 2.34. The minimum Gasteiger partial charge on any atom is -0.508 e. The molecule has 0 radical (unpaired) electrons. The predicted octanol–water partition coefficient (Wildman–Crippen LogP) is 2.67. The minimum absolute atomic E-state index is 0.0133. The van der Waals surface area contributed by atoms with Crippen LogP contribution in [0.25, 0.3) is 0 Å². The highest BCUT2D eigenvalue weighted by Crippen LogP contribution is 2.35. The van der Waals surface area contributed by atoms with Gasteiger partial charge in [-0.15, -0.1) is 0 Å². The Bertz CT molecular complexity index is 590. The zero-order valence-electron chi connectivity index (χ0n) is 9.76. The van der Waals surface area contributed by atoms with Crippen LogP contribution >= 0.6 is 0 Å². The summed E-state index contributed by atoms with van der Waals surface area (Å²) in [5, 5.41) is 12.0. The number of carbonyl (C=O) groups excluding carboxylic acids is 1. The lowest BCUT2D eigenvalue weighted by Gasteiger charge is -2.28. The first kappa shape index (κ1) is 10.8. The molecule has 1 aliphatic carbocycles. The first-order chi connectivity index (χ1) is 8.74. The smallest absolute Gasteiger partial charge is 0.232 e. The van der Waals surface area contributed by atoms with Crippen LogP contribution in [-0.4, -0.2) is 11.0 Å². The van der Waals surface area contributed by atoms with Gasteiger partial charge in [0.1, 0.15) is 5.75 Å². The van der Waals surface area contributed by atoms with Gasteiger partial charge in [0.15, 0.2) is 0 Å². The molecule has 1 unspecified atom stereocenters. The molecule has 0 bridgehead atoms. The number of phenols is 1. The van der Waals surface area contributed by atoms with Crippen LogP contribution in [0.4, 0.5) is 5.69 Å². The number of anilines is 1. The quantitative estimate of drug-likeness (QED) is 0.791. The van der Waals surface area contributed by atoms with E-state index in [0.717, 1.165) is 12.0 Å². The molecule has 0 fully saturated rings. The molecule has 0 heterocycles. The number of fused-ring (bicyclic) bond motifs is 1. The fraction of sp³-hybridized carbons (Fsp3) is 0.133. The van der Waals surface area contributed by atoms with Gasteiger partial charge < -0.3 is 10.4 Å². The number of nitrogens with one attached hydrogen (secondary N) is 1. The van der Waals surface area contributed by atoms with Gasteiger partial charge in [0.2, 0.25) is 5.91 Å². The van der Waals surface area contributed by atoms with Crippen molar-refractivity contribution in [3.63, 3.8) is 0 Å². The largest absolute Gasteiger partial charge is 0.508 e. The lowest BCUT2D eigenvalue weighted by Crippen LogP contribution is -2.30. The molecule has 90 valence electrons. The van der Waals surface area contributed by atoms with Gasteiger partial charge in [0.05, 0.1) is 5.92 Å². The van der Waals surface area contributed by atoms with Crippen molar-refractivity contribution in [3.8, 4) is 5.75 Å². The second-order valence-corrected chi connectivity index (χ2v) is 4.49. The molecule has 3 heteroatoms. The maximum atomic E-state index is 12.1. The lowest BCUT2D eigenvalue weighted by molar-refractivity contribution is -0.118. The van der Waals surface area contributed by atoms with Gasteiger partial charge in [-0.2, -0.15) is 0 Å². The molecule has 0 aromatic heterocycles. The molecule has 3 nitrogen and oxygen atoms in total. The molecular weight excluding hydrogens is 226 g/mol. The van der Waals surface area contributed by atoms with E-state index in [1.807, 2.05) is 18.2 Å². The molecule has 2 aromatic carbocycles. The summed E-state index contributed by atoms with van der Waals surface area (Å²) < 4.78 is 0. The van der Waals surface area contributed by atoms with E-state index >= 15 is 0 Å². The fourth-order valence-electron chi connectivity index (χ4n) is 2.27. The Hall–Kier alpha value is -2.29. The van der Waals surface area contributed by atoms with Crippen LogP contribution in [0, 0.1) is 0 Å². The van der Waals surface area contributed by atoms with Crippen LogP contribution in [0.2, 0.25) is 0 Å². The molecule has 1 amide bonds. The molecule has 0 spiro atoms. The first-order valence-electron chi connectivity index (χ1n) is 5.92. The monoisotopic (exact) mass is 239 g/mol. The van der Waals surface area contributed by atoms with E-state index in [0.29, 0.717) is 5.69 Å². The van der Waals surface area contributed by atoms with E-state index in [1.54, 1.807) is 24.3 Å². The van der Waals surface area contributed by atoms with Gasteiger partial charge in [0, 0.05) is 5.69 Å². The van der Waals surface area contributed by atoms with Crippen molar-refractivity contribution in [2.24, 2.45) is 0 Å². The molecule has 2 N–H and O–H groups in total. The summed E-state index contributed by atoms with van der Waals surface area (Å²) in [6.45, 7) is 0. The molecule has 18 heavy (non-hydrogen) atoms. The number of amides is 1. The number of aromatic hydroxyl groups is 1. The van der Waals surface area contributed by atoms with Crippen molar-refractivity contribution < 1.29 is 9.90 Å². The topological polar surface area (TPSA) is 49.3 Å². The second-order valence-electron chi connectivity index (χ2n) is 4.49. The Morgan fingerprint density at radius 3 is 2.56 bits per heavy atom. The average molecular weight is 239 g/mol. The Labute approximate surface area is 105 Å². The number of hydrogen-bond donors (Lipinski definition) is 2. The van der Waals surface area contributed by atoms with E-state index < -0.39 is 0 Å². The minimum atomic E-state index is -0.0463. The molecule has 1 atom stereocenters. The van der Waals surface area contributed by atoms with E-state index in [4.69, 9.17) is 0 Å². The van der Waals surface area contributed by atoms with Crippen LogP contribution in [-0.2, 0) is 11.2 Å². The maximum absolute atomic E-state index is 12.1. The van der Waals surface area contributed by atoms with Gasteiger partial charge in [-0.25, -0.2) is 0 Å². The van der Waals surface area contributed by atoms with Gasteiger partial charge in [-0.05, 0) is 41.8 Å². The molecule has 3 rings (SSSR count). The summed E-state index contributed by atoms with van der Waals surface area (Å²) in [5.74, 6) is 0.163. The third-order valence-corrected chi connectivity index (χ3v) is 3.31. The highest BCUT2D eigenvalue weighted by Gasteiger charge is 2.31. The summed E-state index contributed by atoms with van der Waals surface area (Å²) in [6.07, 6.45) is 0.806. The van der Waals surface area contributed by atoms with E-state index in [2.05, 4.69) is 11.4 Å². The van der Waals surface area contributed by atoms with Crippen molar-refractivity contribution in [1.82, 2.24) is 0 Å². The molecule has 2 aromatic rings. The molecule has 0 aliphatic heterocycles. The molecule has 0 saturated heterocycles. The van der Waals surface area contributed by atoms with Crippen molar-refractivity contribution in [2.75, 3.05) is 5.32 Å². The third-order valence-electron chi connectivity index (χ3n) is 3.31. The molecular formula is C15H13NO2. The van der Waals surface area contributed by atoms with E-state index in [-0.39, 0.29) is 17.6 Å². The molecule has 1 aliphatic rings. The Kier molecular flexibility index (Phi) is 2.52. The Morgan fingerprint density at radius 1 is 1.11 bits per heavy atom. The second kappa shape index (κ2) is 4.18. The predicted molar refractivity (Wildman–Crippen MR) is 69.6 cm³/mol. The Morgan fingerprint density at radius 2 is 1.83 bits per heavy atom. The number of hydrogen-bond acceptors (Lipinski definition) is 2. The van der Waals surface area contributed by atoms with Crippen LogP contribution in [0.5, 0.6) is 5.75 Å². The zero-order valence-corrected chi connectivity index (χ0v) is 9.76. The summed E-state index contributed by atoms with van der Waals surface area (Å²) in [6, 6.07) is 14.5.